The molecule has 0 saturated carbocycles. The number of carbonyl (C=O) groups excluding carboxylic acids is 3. The molecule has 158 valence electrons. The number of amides is 1. The van der Waals surface area contributed by atoms with E-state index < -0.39 is 24.6 Å². The number of benzene rings is 2. The number of fused-ring (bicyclic) bond motifs is 1. The van der Waals surface area contributed by atoms with Crippen LogP contribution in [0.4, 0.5) is 5.69 Å². The maximum atomic E-state index is 12.3. The molecule has 1 atom stereocenters. The lowest BCUT2D eigenvalue weighted by atomic mass is 10.1. The fourth-order valence-corrected chi connectivity index (χ4v) is 3.32. The average Bonchev–Trinajstić information content (AvgIpc) is 3.19. The van der Waals surface area contributed by atoms with Gasteiger partial charge in [0.05, 0.1) is 7.11 Å². The SMILES string of the molecule is COc1cc(C(C)=O)ccc1OCC(=O)O[C@H](C)C(=O)Nc1ccc2c(c1)CCC2. The zero-order valence-electron chi connectivity index (χ0n) is 17.3. The van der Waals surface area contributed by atoms with Crippen molar-refractivity contribution >= 4 is 23.3 Å². The molecule has 3 rings (SSSR count). The number of hydrogen-bond acceptors (Lipinski definition) is 6. The van der Waals surface area contributed by atoms with Gasteiger partial charge >= 0.3 is 5.97 Å². The Morgan fingerprint density at radius 2 is 1.80 bits per heavy atom. The van der Waals surface area contributed by atoms with Crippen LogP contribution in [0.2, 0.25) is 0 Å². The van der Waals surface area contributed by atoms with Gasteiger partial charge in [-0.25, -0.2) is 4.79 Å². The van der Waals surface area contributed by atoms with E-state index in [0.717, 1.165) is 19.3 Å². The topological polar surface area (TPSA) is 90.9 Å². The Bertz CT molecular complexity index is 968. The van der Waals surface area contributed by atoms with E-state index in [4.69, 9.17) is 14.2 Å². The maximum absolute atomic E-state index is 12.3. The van der Waals surface area contributed by atoms with Crippen LogP contribution in [0.3, 0.4) is 0 Å². The summed E-state index contributed by atoms with van der Waals surface area (Å²) in [7, 11) is 1.44. The standard InChI is InChI=1S/C23H25NO6/c1-14(25)17-8-10-20(21(12-17)28-3)29-13-22(26)30-15(2)23(27)24-19-9-7-16-5-4-6-18(16)11-19/h7-12,15H,4-6,13H2,1-3H3,(H,24,27)/t15-/m1/s1. The first kappa shape index (κ1) is 21.4. The highest BCUT2D eigenvalue weighted by Gasteiger charge is 2.20. The van der Waals surface area contributed by atoms with Gasteiger partial charge in [-0.2, -0.15) is 0 Å². The molecule has 0 bridgehead atoms. The van der Waals surface area contributed by atoms with Crippen molar-refractivity contribution in [3.05, 3.63) is 53.1 Å². The van der Waals surface area contributed by atoms with Crippen molar-refractivity contribution in [1.29, 1.82) is 0 Å². The third-order valence-electron chi connectivity index (χ3n) is 4.96. The molecule has 0 saturated heterocycles. The van der Waals surface area contributed by atoms with Crippen LogP contribution in [0, 0.1) is 0 Å². The summed E-state index contributed by atoms with van der Waals surface area (Å²) in [5.41, 5.74) is 3.72. The van der Waals surface area contributed by atoms with Gasteiger partial charge in [-0.1, -0.05) is 6.07 Å². The first-order valence-corrected chi connectivity index (χ1v) is 9.81. The van der Waals surface area contributed by atoms with Crippen LogP contribution in [-0.4, -0.2) is 37.5 Å². The molecule has 30 heavy (non-hydrogen) atoms. The van der Waals surface area contributed by atoms with Crippen molar-refractivity contribution in [2.75, 3.05) is 19.0 Å². The molecule has 2 aromatic rings. The van der Waals surface area contributed by atoms with E-state index >= 15 is 0 Å². The van der Waals surface area contributed by atoms with Gasteiger partial charge in [0.25, 0.3) is 5.91 Å². The van der Waals surface area contributed by atoms with Crippen molar-refractivity contribution in [3.8, 4) is 11.5 Å². The van der Waals surface area contributed by atoms with Crippen LogP contribution in [0.5, 0.6) is 11.5 Å². The Kier molecular flexibility index (Phi) is 6.72. The predicted octanol–water partition coefficient (Wildman–Crippen LogP) is 3.34. The van der Waals surface area contributed by atoms with Crippen LogP contribution >= 0.6 is 0 Å². The van der Waals surface area contributed by atoms with Crippen LogP contribution in [0.25, 0.3) is 0 Å². The van der Waals surface area contributed by atoms with Crippen molar-refractivity contribution in [2.45, 2.75) is 39.2 Å². The summed E-state index contributed by atoms with van der Waals surface area (Å²) in [5, 5.41) is 2.78. The molecule has 7 nitrogen and oxygen atoms in total. The molecule has 0 unspecified atom stereocenters. The number of aryl methyl sites for hydroxylation is 2. The highest BCUT2D eigenvalue weighted by Crippen LogP contribution is 2.28. The van der Waals surface area contributed by atoms with Gasteiger partial charge in [0.2, 0.25) is 0 Å². The number of Topliss-reactive ketones (excluding diaryl/α,β-unsaturated/α-hetero) is 1. The molecule has 1 aliphatic carbocycles. The monoisotopic (exact) mass is 411 g/mol. The fourth-order valence-electron chi connectivity index (χ4n) is 3.32. The number of carbonyl (C=O) groups is 3. The first-order valence-electron chi connectivity index (χ1n) is 9.81. The minimum atomic E-state index is -0.976. The molecule has 0 heterocycles. The summed E-state index contributed by atoms with van der Waals surface area (Å²) in [6.07, 6.45) is 2.23. The Hall–Kier alpha value is -3.35. The number of methoxy groups -OCH3 is 1. The molecule has 7 heteroatoms. The van der Waals surface area contributed by atoms with Crippen molar-refractivity contribution < 1.29 is 28.6 Å². The Morgan fingerprint density at radius 3 is 2.53 bits per heavy atom. The van der Waals surface area contributed by atoms with Crippen molar-refractivity contribution in [3.63, 3.8) is 0 Å². The lowest BCUT2D eigenvalue weighted by Gasteiger charge is -2.15. The number of hydrogen-bond donors (Lipinski definition) is 1. The Labute approximate surface area is 175 Å². The van der Waals surface area contributed by atoms with E-state index in [2.05, 4.69) is 5.32 Å². The molecule has 1 N–H and O–H groups in total. The summed E-state index contributed by atoms with van der Waals surface area (Å²) in [4.78, 5) is 35.9. The van der Waals surface area contributed by atoms with Gasteiger partial charge in [0.1, 0.15) is 0 Å². The van der Waals surface area contributed by atoms with Gasteiger partial charge < -0.3 is 19.5 Å². The van der Waals surface area contributed by atoms with Gasteiger partial charge in [-0.05, 0) is 74.6 Å². The van der Waals surface area contributed by atoms with E-state index in [1.165, 1.54) is 38.2 Å². The number of anilines is 1. The number of esters is 1. The van der Waals surface area contributed by atoms with Crippen molar-refractivity contribution in [2.24, 2.45) is 0 Å². The first-order chi connectivity index (χ1) is 14.4. The zero-order chi connectivity index (χ0) is 21.7. The summed E-state index contributed by atoms with van der Waals surface area (Å²) in [5.74, 6) is -0.580. The largest absolute Gasteiger partial charge is 0.493 e. The molecule has 0 aliphatic heterocycles. The molecule has 0 aromatic heterocycles. The van der Waals surface area contributed by atoms with E-state index in [1.807, 2.05) is 18.2 Å². The minimum Gasteiger partial charge on any atom is -0.493 e. The number of ketones is 1. The van der Waals surface area contributed by atoms with Crippen molar-refractivity contribution in [1.82, 2.24) is 0 Å². The normalized spacial score (nSPS) is 13.2. The second-order valence-corrected chi connectivity index (χ2v) is 7.17. The smallest absolute Gasteiger partial charge is 0.344 e. The lowest BCUT2D eigenvalue weighted by molar-refractivity contribution is -0.155. The second-order valence-electron chi connectivity index (χ2n) is 7.17. The zero-order valence-corrected chi connectivity index (χ0v) is 17.3. The van der Waals surface area contributed by atoms with Gasteiger partial charge in [0.15, 0.2) is 30.0 Å². The predicted molar refractivity (Wildman–Crippen MR) is 111 cm³/mol. The molecule has 1 aliphatic rings. The highest BCUT2D eigenvalue weighted by molar-refractivity contribution is 5.95. The van der Waals surface area contributed by atoms with E-state index in [0.29, 0.717) is 22.7 Å². The summed E-state index contributed by atoms with van der Waals surface area (Å²) < 4.78 is 15.8. The van der Waals surface area contributed by atoms with Gasteiger partial charge in [-0.15, -0.1) is 0 Å². The molecule has 2 aromatic carbocycles. The highest BCUT2D eigenvalue weighted by atomic mass is 16.6. The van der Waals surface area contributed by atoms with Gasteiger partial charge in [-0.3, -0.25) is 9.59 Å². The molecule has 0 fully saturated rings. The fraction of sp³-hybridized carbons (Fsp3) is 0.348. The third-order valence-corrected chi connectivity index (χ3v) is 4.96. The molecule has 0 spiro atoms. The average molecular weight is 411 g/mol. The molecular weight excluding hydrogens is 386 g/mol. The molecular formula is C23H25NO6. The van der Waals surface area contributed by atoms with E-state index in [1.54, 1.807) is 12.1 Å². The Balaban J connectivity index is 1.52. The number of ether oxygens (including phenoxy) is 3. The molecule has 0 radical (unpaired) electrons. The molecule has 1 amide bonds. The second kappa shape index (κ2) is 9.43. The van der Waals surface area contributed by atoms with Crippen LogP contribution < -0.4 is 14.8 Å². The van der Waals surface area contributed by atoms with Gasteiger partial charge in [0, 0.05) is 11.3 Å². The Morgan fingerprint density at radius 1 is 1.03 bits per heavy atom. The third kappa shape index (κ3) is 5.17. The van der Waals surface area contributed by atoms with Crippen LogP contribution in [0.1, 0.15) is 41.8 Å². The number of rotatable bonds is 8. The minimum absolute atomic E-state index is 0.109. The van der Waals surface area contributed by atoms with Crippen LogP contribution in [0.15, 0.2) is 36.4 Å². The van der Waals surface area contributed by atoms with E-state index in [9.17, 15) is 14.4 Å². The summed E-state index contributed by atoms with van der Waals surface area (Å²) >= 11 is 0. The van der Waals surface area contributed by atoms with E-state index in [-0.39, 0.29) is 5.78 Å². The number of nitrogens with one attached hydrogen (secondary N) is 1. The lowest BCUT2D eigenvalue weighted by Crippen LogP contribution is -2.31. The quantitative estimate of drug-likeness (QED) is 0.529. The summed E-state index contributed by atoms with van der Waals surface area (Å²) in [6.45, 7) is 2.55. The van der Waals surface area contributed by atoms with Crippen LogP contribution in [-0.2, 0) is 27.2 Å². The maximum Gasteiger partial charge on any atom is 0.344 e. The summed E-state index contributed by atoms with van der Waals surface area (Å²) in [6, 6.07) is 10.5.